The lowest BCUT2D eigenvalue weighted by molar-refractivity contribution is 0.354. The molecule has 1 aliphatic rings. The second-order valence-corrected chi connectivity index (χ2v) is 10.0. The molecule has 8 heteroatoms. The molecular weight excluding hydrogens is 412 g/mol. The molecule has 31 heavy (non-hydrogen) atoms. The molecule has 1 fully saturated rings. The van der Waals surface area contributed by atoms with Crippen LogP contribution in [0.3, 0.4) is 0 Å². The topological polar surface area (TPSA) is 88.3 Å². The predicted octanol–water partition coefficient (Wildman–Crippen LogP) is 4.32. The Balaban J connectivity index is 1.44. The average Bonchev–Trinajstić information content (AvgIpc) is 3.25. The fourth-order valence-electron chi connectivity index (χ4n) is 3.69. The molecule has 4 rings (SSSR count). The molecular formula is C23H28N4O3S. The molecule has 0 amide bonds. The summed E-state index contributed by atoms with van der Waals surface area (Å²) in [6.45, 7) is 8.04. The summed E-state index contributed by atoms with van der Waals surface area (Å²) in [6.07, 6.45) is 2.43. The summed E-state index contributed by atoms with van der Waals surface area (Å²) in [6, 6.07) is 14.1. The van der Waals surface area contributed by atoms with Crippen molar-refractivity contribution < 1.29 is 12.9 Å². The highest BCUT2D eigenvalue weighted by Crippen LogP contribution is 2.26. The minimum Gasteiger partial charge on any atom is -0.372 e. The molecule has 0 radical (unpaired) electrons. The summed E-state index contributed by atoms with van der Waals surface area (Å²) < 4.78 is 33.2. The Morgan fingerprint density at radius 2 is 1.71 bits per heavy atom. The maximum Gasteiger partial charge on any atom is 0.244 e. The number of hydrogen-bond acceptors (Lipinski definition) is 6. The van der Waals surface area contributed by atoms with Crippen molar-refractivity contribution in [3.63, 3.8) is 0 Å². The van der Waals surface area contributed by atoms with Gasteiger partial charge in [0.05, 0.1) is 10.9 Å². The maximum absolute atomic E-state index is 12.6. The van der Waals surface area contributed by atoms with Gasteiger partial charge in [0.1, 0.15) is 0 Å². The van der Waals surface area contributed by atoms with Crippen molar-refractivity contribution in [2.75, 3.05) is 18.0 Å². The minimum absolute atomic E-state index is 0.201. The van der Waals surface area contributed by atoms with Crippen LogP contribution in [-0.4, -0.2) is 31.6 Å². The van der Waals surface area contributed by atoms with Crippen LogP contribution in [0, 0.1) is 12.8 Å². The van der Waals surface area contributed by atoms with Crippen LogP contribution in [0.2, 0.25) is 0 Å². The number of aryl methyl sites for hydroxylation is 1. The summed E-state index contributed by atoms with van der Waals surface area (Å²) in [5.41, 5.74) is 3.02. The first-order chi connectivity index (χ1) is 14.8. The maximum atomic E-state index is 12.6. The number of hydrogen-bond donors (Lipinski definition) is 1. The number of sulfonamides is 1. The second kappa shape index (κ2) is 8.80. The molecule has 0 bridgehead atoms. The molecule has 7 nitrogen and oxygen atoms in total. The van der Waals surface area contributed by atoms with Gasteiger partial charge in [-0.1, -0.05) is 29.8 Å². The van der Waals surface area contributed by atoms with Crippen molar-refractivity contribution >= 4 is 15.7 Å². The zero-order valence-corrected chi connectivity index (χ0v) is 18.9. The Hall–Kier alpha value is -2.71. The SMILES string of the molecule is Cc1ccc(S(=O)(=O)N[C@@H](C)c2nc(-c3ccc(N4CCC(C)CC4)cc3)no2)cc1. The van der Waals surface area contributed by atoms with Gasteiger partial charge in [0.2, 0.25) is 21.7 Å². The molecule has 0 unspecified atom stereocenters. The molecule has 2 aromatic carbocycles. The number of nitrogens with one attached hydrogen (secondary N) is 1. The number of aromatic nitrogens is 2. The van der Waals surface area contributed by atoms with Crippen LogP contribution in [0.25, 0.3) is 11.4 Å². The van der Waals surface area contributed by atoms with Crippen molar-refractivity contribution in [3.05, 3.63) is 60.0 Å². The lowest BCUT2D eigenvalue weighted by atomic mass is 9.98. The van der Waals surface area contributed by atoms with Gasteiger partial charge < -0.3 is 9.42 Å². The van der Waals surface area contributed by atoms with E-state index in [1.807, 2.05) is 19.1 Å². The standard InChI is InChI=1S/C23H28N4O3S/c1-16-4-10-21(11-5-16)31(28,29)26-18(3)23-24-22(25-30-23)19-6-8-20(9-7-19)27-14-12-17(2)13-15-27/h4-11,17-18,26H,12-15H2,1-3H3/t18-/m0/s1. The number of piperidine rings is 1. The van der Waals surface area contributed by atoms with E-state index in [0.29, 0.717) is 5.82 Å². The summed E-state index contributed by atoms with van der Waals surface area (Å²) >= 11 is 0. The third-order valence-corrected chi connectivity index (χ3v) is 7.31. The molecule has 1 atom stereocenters. The van der Waals surface area contributed by atoms with Crippen molar-refractivity contribution in [2.24, 2.45) is 5.92 Å². The first-order valence-electron chi connectivity index (χ1n) is 10.6. The van der Waals surface area contributed by atoms with Crippen LogP contribution in [-0.2, 0) is 10.0 Å². The first kappa shape index (κ1) is 21.5. The Kier molecular flexibility index (Phi) is 6.11. The van der Waals surface area contributed by atoms with E-state index in [2.05, 4.69) is 38.8 Å². The second-order valence-electron chi connectivity index (χ2n) is 8.33. The Labute approximate surface area is 183 Å². The van der Waals surface area contributed by atoms with E-state index >= 15 is 0 Å². The molecule has 2 heterocycles. The largest absolute Gasteiger partial charge is 0.372 e. The zero-order chi connectivity index (χ0) is 22.0. The Bertz CT molecular complexity index is 1120. The normalized spacial score (nSPS) is 16.4. The van der Waals surface area contributed by atoms with Gasteiger partial charge in [-0.15, -0.1) is 0 Å². The smallest absolute Gasteiger partial charge is 0.244 e. The van der Waals surface area contributed by atoms with E-state index in [1.54, 1.807) is 31.2 Å². The van der Waals surface area contributed by atoms with E-state index in [0.717, 1.165) is 30.1 Å². The predicted molar refractivity (Wildman–Crippen MR) is 120 cm³/mol. The minimum atomic E-state index is -3.69. The molecule has 1 aliphatic heterocycles. The summed E-state index contributed by atoms with van der Waals surface area (Å²) in [5, 5.41) is 4.04. The Morgan fingerprint density at radius 3 is 2.35 bits per heavy atom. The summed E-state index contributed by atoms with van der Waals surface area (Å²) in [5.74, 6) is 1.45. The number of rotatable bonds is 6. The van der Waals surface area contributed by atoms with Gasteiger partial charge in [-0.05, 0) is 69.0 Å². The van der Waals surface area contributed by atoms with Crippen LogP contribution in [0.1, 0.15) is 44.2 Å². The monoisotopic (exact) mass is 440 g/mol. The van der Waals surface area contributed by atoms with Gasteiger partial charge in [0, 0.05) is 24.3 Å². The molecule has 0 spiro atoms. The van der Waals surface area contributed by atoms with E-state index in [1.165, 1.54) is 18.5 Å². The molecule has 0 aliphatic carbocycles. The molecule has 1 saturated heterocycles. The van der Waals surface area contributed by atoms with Crippen LogP contribution >= 0.6 is 0 Å². The third-order valence-electron chi connectivity index (χ3n) is 5.75. The highest BCUT2D eigenvalue weighted by Gasteiger charge is 2.23. The summed E-state index contributed by atoms with van der Waals surface area (Å²) in [7, 11) is -3.69. The summed E-state index contributed by atoms with van der Waals surface area (Å²) in [4.78, 5) is 7.00. The lowest BCUT2D eigenvalue weighted by Crippen LogP contribution is -2.32. The van der Waals surface area contributed by atoms with Crippen LogP contribution in [0.4, 0.5) is 5.69 Å². The highest BCUT2D eigenvalue weighted by atomic mass is 32.2. The molecule has 3 aromatic rings. The van der Waals surface area contributed by atoms with Crippen LogP contribution in [0.5, 0.6) is 0 Å². The fraction of sp³-hybridized carbons (Fsp3) is 0.391. The van der Waals surface area contributed by atoms with Crippen molar-refractivity contribution in [3.8, 4) is 11.4 Å². The number of anilines is 1. The molecule has 1 aromatic heterocycles. The van der Waals surface area contributed by atoms with E-state index in [-0.39, 0.29) is 10.8 Å². The Morgan fingerprint density at radius 1 is 1.06 bits per heavy atom. The van der Waals surface area contributed by atoms with Gasteiger partial charge >= 0.3 is 0 Å². The van der Waals surface area contributed by atoms with Crippen LogP contribution in [0.15, 0.2) is 57.9 Å². The highest BCUT2D eigenvalue weighted by molar-refractivity contribution is 7.89. The van der Waals surface area contributed by atoms with Gasteiger partial charge in [0.15, 0.2) is 0 Å². The third kappa shape index (κ3) is 4.97. The van der Waals surface area contributed by atoms with Gasteiger partial charge in [-0.3, -0.25) is 0 Å². The zero-order valence-electron chi connectivity index (χ0n) is 18.1. The van der Waals surface area contributed by atoms with Crippen LogP contribution < -0.4 is 9.62 Å². The number of benzene rings is 2. The first-order valence-corrected chi connectivity index (χ1v) is 12.1. The van der Waals surface area contributed by atoms with Crippen molar-refractivity contribution in [2.45, 2.75) is 44.6 Å². The van der Waals surface area contributed by atoms with E-state index in [9.17, 15) is 8.42 Å². The molecule has 0 saturated carbocycles. The molecule has 1 N–H and O–H groups in total. The quantitative estimate of drug-likeness (QED) is 0.614. The fourth-order valence-corrected chi connectivity index (χ4v) is 4.88. The van der Waals surface area contributed by atoms with Gasteiger partial charge in [0.25, 0.3) is 0 Å². The van der Waals surface area contributed by atoms with Crippen molar-refractivity contribution in [1.29, 1.82) is 0 Å². The number of nitrogens with zero attached hydrogens (tertiary/aromatic N) is 3. The van der Waals surface area contributed by atoms with E-state index in [4.69, 9.17) is 4.52 Å². The van der Waals surface area contributed by atoms with Gasteiger partial charge in [-0.25, -0.2) is 8.42 Å². The molecule has 164 valence electrons. The lowest BCUT2D eigenvalue weighted by Gasteiger charge is -2.32. The average molecular weight is 441 g/mol. The van der Waals surface area contributed by atoms with Crippen molar-refractivity contribution in [1.82, 2.24) is 14.9 Å². The van der Waals surface area contributed by atoms with Gasteiger partial charge in [-0.2, -0.15) is 9.71 Å². The van der Waals surface area contributed by atoms with E-state index < -0.39 is 16.1 Å².